The van der Waals surface area contributed by atoms with Crippen molar-refractivity contribution in [2.24, 2.45) is 5.92 Å². The van der Waals surface area contributed by atoms with Crippen molar-refractivity contribution in [2.75, 3.05) is 33.9 Å². The molecule has 2 heterocycles. The zero-order chi connectivity index (χ0) is 12.4. The van der Waals surface area contributed by atoms with E-state index in [2.05, 4.69) is 5.32 Å². The number of amides is 1. The lowest BCUT2D eigenvalue weighted by Gasteiger charge is -2.30. The number of nitrogens with zero attached hydrogens (tertiary/aromatic N) is 1. The molecule has 0 aromatic heterocycles. The third kappa shape index (κ3) is 2.46. The summed E-state index contributed by atoms with van der Waals surface area (Å²) in [6, 6.07) is 0.350. The number of ether oxygens (including phenoxy) is 2. The van der Waals surface area contributed by atoms with Gasteiger partial charge in [0.25, 0.3) is 0 Å². The fourth-order valence-electron chi connectivity index (χ4n) is 2.74. The zero-order valence-corrected chi connectivity index (χ0v) is 10.8. The number of carbonyl (C=O) groups excluding carboxylic acids is 1. The van der Waals surface area contributed by atoms with Gasteiger partial charge in [0.15, 0.2) is 0 Å². The Bertz CT molecular complexity index is 285. The van der Waals surface area contributed by atoms with Crippen molar-refractivity contribution < 1.29 is 14.3 Å². The van der Waals surface area contributed by atoms with Crippen LogP contribution in [0.25, 0.3) is 0 Å². The second kappa shape index (κ2) is 5.33. The fourth-order valence-corrected chi connectivity index (χ4v) is 2.74. The van der Waals surface area contributed by atoms with Crippen LogP contribution in [0.4, 0.5) is 0 Å². The molecular formula is C12H22N2O3. The van der Waals surface area contributed by atoms with E-state index in [1.807, 2.05) is 25.9 Å². The minimum absolute atomic E-state index is 0.0576. The van der Waals surface area contributed by atoms with Gasteiger partial charge < -0.3 is 19.7 Å². The summed E-state index contributed by atoms with van der Waals surface area (Å²) in [5, 5.41) is 3.15. The number of carbonyl (C=O) groups is 1. The molecule has 5 heteroatoms. The minimum atomic E-state index is -0.0576. The first-order chi connectivity index (χ1) is 8.15. The van der Waals surface area contributed by atoms with Crippen LogP contribution < -0.4 is 5.32 Å². The maximum Gasteiger partial charge on any atom is 0.229 e. The molecule has 98 valence electrons. The summed E-state index contributed by atoms with van der Waals surface area (Å²) in [4.78, 5) is 14.2. The van der Waals surface area contributed by atoms with Gasteiger partial charge in [-0.1, -0.05) is 0 Å². The van der Waals surface area contributed by atoms with Gasteiger partial charge in [0, 0.05) is 19.7 Å². The first-order valence-corrected chi connectivity index (χ1v) is 6.28. The third-order valence-electron chi connectivity index (χ3n) is 3.95. The first-order valence-electron chi connectivity index (χ1n) is 6.28. The molecule has 17 heavy (non-hydrogen) atoms. The average molecular weight is 242 g/mol. The van der Waals surface area contributed by atoms with Gasteiger partial charge in [-0.2, -0.15) is 0 Å². The molecule has 4 atom stereocenters. The molecule has 0 aromatic carbocycles. The number of likely N-dealkylation sites (N-methyl/N-ethyl adjacent to an activating group) is 2. The van der Waals surface area contributed by atoms with Gasteiger partial charge in [0.05, 0.1) is 31.3 Å². The maximum absolute atomic E-state index is 12.4. The van der Waals surface area contributed by atoms with Crippen LogP contribution >= 0.6 is 0 Å². The van der Waals surface area contributed by atoms with Crippen molar-refractivity contribution in [1.82, 2.24) is 10.2 Å². The smallest absolute Gasteiger partial charge is 0.229 e. The molecule has 2 rings (SSSR count). The molecule has 0 aromatic rings. The second-order valence-corrected chi connectivity index (χ2v) is 4.92. The Morgan fingerprint density at radius 3 is 2.76 bits per heavy atom. The lowest BCUT2D eigenvalue weighted by molar-refractivity contribution is -0.137. The molecule has 0 spiro atoms. The van der Waals surface area contributed by atoms with E-state index in [9.17, 15) is 4.79 Å². The summed E-state index contributed by atoms with van der Waals surface area (Å²) in [5.41, 5.74) is 0. The van der Waals surface area contributed by atoms with Crippen LogP contribution in [-0.4, -0.2) is 62.9 Å². The number of hydrogen-bond donors (Lipinski definition) is 1. The van der Waals surface area contributed by atoms with Gasteiger partial charge in [-0.15, -0.1) is 0 Å². The van der Waals surface area contributed by atoms with E-state index in [1.54, 1.807) is 0 Å². The Labute approximate surface area is 102 Å². The number of hydrogen-bond acceptors (Lipinski definition) is 4. The molecule has 2 aliphatic rings. The monoisotopic (exact) mass is 242 g/mol. The van der Waals surface area contributed by atoms with Crippen molar-refractivity contribution in [3.63, 3.8) is 0 Å². The van der Waals surface area contributed by atoms with Crippen LogP contribution in [0.1, 0.15) is 13.3 Å². The molecule has 4 unspecified atom stereocenters. The summed E-state index contributed by atoms with van der Waals surface area (Å²) < 4.78 is 10.9. The van der Waals surface area contributed by atoms with Crippen LogP contribution in [0.2, 0.25) is 0 Å². The van der Waals surface area contributed by atoms with Gasteiger partial charge >= 0.3 is 0 Å². The predicted molar refractivity (Wildman–Crippen MR) is 63.7 cm³/mol. The van der Waals surface area contributed by atoms with Crippen LogP contribution in [0.3, 0.4) is 0 Å². The molecular weight excluding hydrogens is 220 g/mol. The van der Waals surface area contributed by atoms with E-state index < -0.39 is 0 Å². The van der Waals surface area contributed by atoms with Gasteiger partial charge in [-0.25, -0.2) is 0 Å². The van der Waals surface area contributed by atoms with E-state index in [0.717, 1.165) is 13.0 Å². The molecule has 2 fully saturated rings. The highest BCUT2D eigenvalue weighted by atomic mass is 16.5. The van der Waals surface area contributed by atoms with Crippen molar-refractivity contribution >= 4 is 5.91 Å². The van der Waals surface area contributed by atoms with Crippen LogP contribution in [0.5, 0.6) is 0 Å². The standard InChI is InChI=1S/C12H22N2O3/c1-8-11(4-5-17-8)14(3)12(15)9-6-16-7-10(9)13-2/h8-11,13H,4-7H2,1-3H3. The third-order valence-corrected chi connectivity index (χ3v) is 3.95. The number of rotatable bonds is 3. The zero-order valence-electron chi connectivity index (χ0n) is 10.8. The molecule has 5 nitrogen and oxygen atoms in total. The maximum atomic E-state index is 12.4. The Morgan fingerprint density at radius 1 is 1.41 bits per heavy atom. The van der Waals surface area contributed by atoms with Crippen LogP contribution in [0, 0.1) is 5.92 Å². The summed E-state index contributed by atoms with van der Waals surface area (Å²) in [6.45, 7) is 3.93. The molecule has 0 aliphatic carbocycles. The van der Waals surface area contributed by atoms with E-state index >= 15 is 0 Å². The van der Waals surface area contributed by atoms with E-state index in [1.165, 1.54) is 0 Å². The fraction of sp³-hybridized carbons (Fsp3) is 0.917. The molecule has 0 saturated carbocycles. The summed E-state index contributed by atoms with van der Waals surface area (Å²) >= 11 is 0. The topological polar surface area (TPSA) is 50.8 Å². The molecule has 1 N–H and O–H groups in total. The van der Waals surface area contributed by atoms with E-state index in [-0.39, 0.29) is 30.0 Å². The van der Waals surface area contributed by atoms with Crippen LogP contribution in [0.15, 0.2) is 0 Å². The highest BCUT2D eigenvalue weighted by Crippen LogP contribution is 2.22. The van der Waals surface area contributed by atoms with E-state index in [4.69, 9.17) is 9.47 Å². The summed E-state index contributed by atoms with van der Waals surface area (Å²) in [6.07, 6.45) is 1.07. The van der Waals surface area contributed by atoms with Gasteiger partial charge in [-0.05, 0) is 20.4 Å². The molecule has 2 saturated heterocycles. The number of nitrogens with one attached hydrogen (secondary N) is 1. The van der Waals surface area contributed by atoms with E-state index in [0.29, 0.717) is 13.2 Å². The first kappa shape index (κ1) is 12.8. The van der Waals surface area contributed by atoms with Gasteiger partial charge in [-0.3, -0.25) is 4.79 Å². The Balaban J connectivity index is 1.99. The highest BCUT2D eigenvalue weighted by Gasteiger charge is 2.39. The Morgan fingerprint density at radius 2 is 2.18 bits per heavy atom. The van der Waals surface area contributed by atoms with Crippen molar-refractivity contribution in [1.29, 1.82) is 0 Å². The molecule has 0 bridgehead atoms. The highest BCUT2D eigenvalue weighted by molar-refractivity contribution is 5.80. The second-order valence-electron chi connectivity index (χ2n) is 4.92. The predicted octanol–water partition coefficient (Wildman–Crippen LogP) is -0.143. The largest absolute Gasteiger partial charge is 0.379 e. The molecule has 1 amide bonds. The SMILES string of the molecule is CNC1COCC1C(=O)N(C)C1CCOC1C. The van der Waals surface area contributed by atoms with Crippen molar-refractivity contribution in [3.05, 3.63) is 0 Å². The normalized spacial score (nSPS) is 37.4. The lowest BCUT2D eigenvalue weighted by Crippen LogP contribution is -2.48. The summed E-state index contributed by atoms with van der Waals surface area (Å²) in [5.74, 6) is 0.113. The Kier molecular flexibility index (Phi) is 4.01. The molecule has 2 aliphatic heterocycles. The average Bonchev–Trinajstić information content (AvgIpc) is 2.95. The summed E-state index contributed by atoms with van der Waals surface area (Å²) in [7, 11) is 3.75. The molecule has 0 radical (unpaired) electrons. The van der Waals surface area contributed by atoms with Crippen molar-refractivity contribution in [3.8, 4) is 0 Å². The van der Waals surface area contributed by atoms with Gasteiger partial charge in [0.2, 0.25) is 5.91 Å². The van der Waals surface area contributed by atoms with Crippen molar-refractivity contribution in [2.45, 2.75) is 31.5 Å². The lowest BCUT2D eigenvalue weighted by atomic mass is 10.0. The minimum Gasteiger partial charge on any atom is -0.379 e. The Hall–Kier alpha value is -0.650. The van der Waals surface area contributed by atoms with Gasteiger partial charge in [0.1, 0.15) is 0 Å². The quantitative estimate of drug-likeness (QED) is 0.748. The van der Waals surface area contributed by atoms with Crippen LogP contribution in [-0.2, 0) is 14.3 Å².